The van der Waals surface area contributed by atoms with Crippen LogP contribution in [-0.2, 0) is 9.84 Å². The molecule has 0 radical (unpaired) electrons. The molecule has 8 heteroatoms. The maximum atomic E-state index is 11.4. The highest BCUT2D eigenvalue weighted by molar-refractivity contribution is 7.91. The van der Waals surface area contributed by atoms with Crippen LogP contribution in [-0.4, -0.2) is 40.1 Å². The van der Waals surface area contributed by atoms with E-state index in [1.165, 1.54) is 10.9 Å². The van der Waals surface area contributed by atoms with E-state index in [-0.39, 0.29) is 17.5 Å². The lowest BCUT2D eigenvalue weighted by molar-refractivity contribution is 0.479. The lowest BCUT2D eigenvalue weighted by Crippen LogP contribution is -2.13. The molecule has 90 valence electrons. The molecule has 1 saturated heterocycles. The van der Waals surface area contributed by atoms with Gasteiger partial charge in [-0.2, -0.15) is 0 Å². The summed E-state index contributed by atoms with van der Waals surface area (Å²) in [7, 11) is -2.95. The van der Waals surface area contributed by atoms with Crippen LogP contribution in [0.4, 0.5) is 0 Å². The van der Waals surface area contributed by atoms with E-state index in [0.29, 0.717) is 18.0 Å². The Morgan fingerprint density at radius 1 is 1.47 bits per heavy atom. The fourth-order valence-corrected chi connectivity index (χ4v) is 3.67. The Hall–Kier alpha value is -1.70. The van der Waals surface area contributed by atoms with Crippen molar-refractivity contribution in [2.75, 3.05) is 11.5 Å². The third-order valence-electron chi connectivity index (χ3n) is 2.79. The SMILES string of the molecule is O=S1(=O)CCC(n2nnnc2-c2ccco2)C1. The van der Waals surface area contributed by atoms with E-state index in [0.717, 1.165) is 0 Å². The van der Waals surface area contributed by atoms with Gasteiger partial charge in [0, 0.05) is 0 Å². The average molecular weight is 254 g/mol. The van der Waals surface area contributed by atoms with E-state index in [2.05, 4.69) is 15.5 Å². The first-order chi connectivity index (χ1) is 8.16. The minimum absolute atomic E-state index is 0.0890. The van der Waals surface area contributed by atoms with Gasteiger partial charge in [-0.3, -0.25) is 0 Å². The molecule has 7 nitrogen and oxygen atoms in total. The summed E-state index contributed by atoms with van der Waals surface area (Å²) in [6.45, 7) is 0. The monoisotopic (exact) mass is 254 g/mol. The maximum Gasteiger partial charge on any atom is 0.218 e. The second kappa shape index (κ2) is 3.66. The standard InChI is InChI=1S/C9H10N4O3S/c14-17(15)5-3-7(6-17)13-9(10-11-12-13)8-2-1-4-16-8/h1-2,4,7H,3,5-6H2. The van der Waals surface area contributed by atoms with E-state index in [9.17, 15) is 8.42 Å². The molecule has 1 aliphatic rings. The van der Waals surface area contributed by atoms with Crippen LogP contribution < -0.4 is 0 Å². The summed E-state index contributed by atoms with van der Waals surface area (Å²) >= 11 is 0. The number of nitrogens with zero attached hydrogens (tertiary/aromatic N) is 4. The minimum atomic E-state index is -2.95. The van der Waals surface area contributed by atoms with Crippen LogP contribution >= 0.6 is 0 Å². The molecule has 1 atom stereocenters. The van der Waals surface area contributed by atoms with Gasteiger partial charge in [-0.15, -0.1) is 5.10 Å². The van der Waals surface area contributed by atoms with Crippen molar-refractivity contribution in [3.63, 3.8) is 0 Å². The first-order valence-corrected chi connectivity index (χ1v) is 7.00. The topological polar surface area (TPSA) is 90.9 Å². The molecule has 0 saturated carbocycles. The van der Waals surface area contributed by atoms with Gasteiger partial charge in [0.05, 0.1) is 23.8 Å². The highest BCUT2D eigenvalue weighted by atomic mass is 32.2. The second-order valence-corrected chi connectivity index (χ2v) is 6.21. The van der Waals surface area contributed by atoms with Gasteiger partial charge in [-0.1, -0.05) is 0 Å². The molecule has 0 aromatic carbocycles. The van der Waals surface area contributed by atoms with Crippen LogP contribution in [0.15, 0.2) is 22.8 Å². The molecule has 0 aliphatic carbocycles. The molecular weight excluding hydrogens is 244 g/mol. The van der Waals surface area contributed by atoms with Gasteiger partial charge in [0.25, 0.3) is 0 Å². The van der Waals surface area contributed by atoms with Crippen molar-refractivity contribution in [3.05, 3.63) is 18.4 Å². The van der Waals surface area contributed by atoms with E-state index in [4.69, 9.17) is 4.42 Å². The third kappa shape index (κ3) is 1.84. The minimum Gasteiger partial charge on any atom is -0.461 e. The average Bonchev–Trinajstić information content (AvgIpc) is 2.93. The predicted molar refractivity (Wildman–Crippen MR) is 57.8 cm³/mol. The van der Waals surface area contributed by atoms with Crippen LogP contribution in [0.1, 0.15) is 12.5 Å². The highest BCUT2D eigenvalue weighted by Gasteiger charge is 2.32. The van der Waals surface area contributed by atoms with Crippen LogP contribution in [0.2, 0.25) is 0 Å². The van der Waals surface area contributed by atoms with Crippen LogP contribution in [0, 0.1) is 0 Å². The van der Waals surface area contributed by atoms with Crippen LogP contribution in [0.5, 0.6) is 0 Å². The Bertz CT molecular complexity index is 616. The second-order valence-electron chi connectivity index (χ2n) is 3.98. The molecule has 1 fully saturated rings. The Morgan fingerprint density at radius 3 is 3.00 bits per heavy atom. The van der Waals surface area contributed by atoms with Crippen molar-refractivity contribution >= 4 is 9.84 Å². The number of rotatable bonds is 2. The van der Waals surface area contributed by atoms with Gasteiger partial charge in [0.2, 0.25) is 5.82 Å². The van der Waals surface area contributed by atoms with Gasteiger partial charge in [-0.25, -0.2) is 13.1 Å². The number of furan rings is 1. The summed E-state index contributed by atoms with van der Waals surface area (Å²) in [5.41, 5.74) is 0. The molecular formula is C9H10N4O3S. The fourth-order valence-electron chi connectivity index (χ4n) is 1.98. The summed E-state index contributed by atoms with van der Waals surface area (Å²) in [5.74, 6) is 1.29. The molecule has 1 unspecified atom stereocenters. The number of hydrogen-bond acceptors (Lipinski definition) is 6. The summed E-state index contributed by atoms with van der Waals surface area (Å²) in [5, 5.41) is 11.3. The zero-order valence-corrected chi connectivity index (χ0v) is 9.67. The molecule has 0 spiro atoms. The van der Waals surface area contributed by atoms with E-state index in [1.807, 2.05) is 0 Å². The van der Waals surface area contributed by atoms with E-state index < -0.39 is 9.84 Å². The third-order valence-corrected chi connectivity index (χ3v) is 4.54. The molecule has 3 rings (SSSR count). The summed E-state index contributed by atoms with van der Waals surface area (Å²) < 4.78 is 29.6. The van der Waals surface area contributed by atoms with Crippen molar-refractivity contribution in [1.29, 1.82) is 0 Å². The zero-order chi connectivity index (χ0) is 11.9. The van der Waals surface area contributed by atoms with E-state index in [1.54, 1.807) is 12.1 Å². The van der Waals surface area contributed by atoms with Crippen molar-refractivity contribution in [2.45, 2.75) is 12.5 Å². The lowest BCUT2D eigenvalue weighted by Gasteiger charge is -2.08. The van der Waals surface area contributed by atoms with Crippen LogP contribution in [0.25, 0.3) is 11.6 Å². The Labute approximate surface area is 97.3 Å². The smallest absolute Gasteiger partial charge is 0.218 e. The summed E-state index contributed by atoms with van der Waals surface area (Å²) in [4.78, 5) is 0. The fraction of sp³-hybridized carbons (Fsp3) is 0.444. The van der Waals surface area contributed by atoms with Gasteiger partial charge in [-0.05, 0) is 29.0 Å². The Morgan fingerprint density at radius 2 is 2.35 bits per heavy atom. The number of tetrazole rings is 1. The Balaban J connectivity index is 1.98. The Kier molecular flexibility index (Phi) is 2.25. The van der Waals surface area contributed by atoms with Gasteiger partial charge in [0.15, 0.2) is 15.6 Å². The molecule has 2 aromatic rings. The largest absolute Gasteiger partial charge is 0.461 e. The molecule has 0 bridgehead atoms. The first-order valence-electron chi connectivity index (χ1n) is 5.18. The van der Waals surface area contributed by atoms with E-state index >= 15 is 0 Å². The first kappa shape index (κ1) is 10.5. The van der Waals surface area contributed by atoms with Gasteiger partial charge < -0.3 is 4.42 Å². The molecule has 1 aliphatic heterocycles. The number of sulfone groups is 1. The van der Waals surface area contributed by atoms with Crippen molar-refractivity contribution in [1.82, 2.24) is 20.2 Å². The molecule has 3 heterocycles. The molecule has 17 heavy (non-hydrogen) atoms. The lowest BCUT2D eigenvalue weighted by atomic mass is 10.2. The van der Waals surface area contributed by atoms with Crippen molar-refractivity contribution < 1.29 is 12.8 Å². The normalized spacial score (nSPS) is 22.9. The molecule has 0 N–H and O–H groups in total. The summed E-state index contributed by atoms with van der Waals surface area (Å²) in [6, 6.07) is 3.28. The predicted octanol–water partition coefficient (Wildman–Crippen LogP) is 0.293. The molecule has 2 aromatic heterocycles. The number of aromatic nitrogens is 4. The summed E-state index contributed by atoms with van der Waals surface area (Å²) in [6.07, 6.45) is 2.07. The van der Waals surface area contributed by atoms with Crippen molar-refractivity contribution in [2.24, 2.45) is 0 Å². The quantitative estimate of drug-likeness (QED) is 0.765. The zero-order valence-electron chi connectivity index (χ0n) is 8.85. The molecule has 0 amide bonds. The van der Waals surface area contributed by atoms with Gasteiger partial charge >= 0.3 is 0 Å². The van der Waals surface area contributed by atoms with Crippen LogP contribution in [0.3, 0.4) is 0 Å². The van der Waals surface area contributed by atoms with Gasteiger partial charge in [0.1, 0.15) is 0 Å². The number of hydrogen-bond donors (Lipinski definition) is 0. The maximum absolute atomic E-state index is 11.4. The highest BCUT2D eigenvalue weighted by Crippen LogP contribution is 2.27. The van der Waals surface area contributed by atoms with Crippen molar-refractivity contribution in [3.8, 4) is 11.6 Å².